The molecule has 0 saturated carbocycles. The van der Waals surface area contributed by atoms with Gasteiger partial charge in [-0.05, 0) is 18.6 Å². The van der Waals surface area contributed by atoms with Crippen molar-refractivity contribution in [2.45, 2.75) is 32.2 Å². The molecule has 1 atom stereocenters. The Morgan fingerprint density at radius 2 is 2.22 bits per heavy atom. The minimum Gasteiger partial charge on any atom is -0.454 e. The lowest BCUT2D eigenvalue weighted by Gasteiger charge is -2.05. The molecule has 23 heavy (non-hydrogen) atoms. The quantitative estimate of drug-likeness (QED) is 0.850. The highest BCUT2D eigenvalue weighted by Crippen LogP contribution is 2.34. The van der Waals surface area contributed by atoms with E-state index >= 15 is 0 Å². The van der Waals surface area contributed by atoms with Crippen molar-refractivity contribution in [2.24, 2.45) is 5.73 Å². The second kappa shape index (κ2) is 6.70. The molecule has 2 aromatic rings. The van der Waals surface area contributed by atoms with E-state index in [1.807, 2.05) is 0 Å². The molecule has 0 fully saturated rings. The van der Waals surface area contributed by atoms with Crippen LogP contribution >= 0.6 is 0 Å². The number of nitrogens with one attached hydrogen (secondary N) is 1. The number of anilines is 1. The van der Waals surface area contributed by atoms with E-state index in [1.165, 1.54) is 6.26 Å². The zero-order chi connectivity index (χ0) is 16.2. The fraction of sp³-hybridized carbons (Fsp3) is 0.375. The van der Waals surface area contributed by atoms with Crippen molar-refractivity contribution in [1.29, 1.82) is 0 Å². The number of rotatable bonds is 6. The first-order chi connectivity index (χ1) is 11.2. The molecule has 0 bridgehead atoms. The van der Waals surface area contributed by atoms with Crippen LogP contribution in [0, 0.1) is 0 Å². The summed E-state index contributed by atoms with van der Waals surface area (Å²) >= 11 is 0. The Kier molecular flexibility index (Phi) is 4.47. The average molecular weight is 317 g/mol. The Bertz CT molecular complexity index is 698. The Hall–Kier alpha value is -2.54. The zero-order valence-corrected chi connectivity index (χ0v) is 12.9. The first-order valence-electron chi connectivity index (χ1n) is 7.59. The predicted molar refractivity (Wildman–Crippen MR) is 83.5 cm³/mol. The van der Waals surface area contributed by atoms with Gasteiger partial charge in [-0.3, -0.25) is 4.79 Å². The third kappa shape index (κ3) is 3.45. The summed E-state index contributed by atoms with van der Waals surface area (Å²) in [5.74, 6) is 1.29. The zero-order valence-electron chi connectivity index (χ0n) is 12.9. The molecular formula is C16H19N3O4. The van der Waals surface area contributed by atoms with E-state index in [0.29, 0.717) is 23.1 Å². The summed E-state index contributed by atoms with van der Waals surface area (Å²) in [5, 5.41) is 2.75. The molecule has 0 radical (unpaired) electrons. The van der Waals surface area contributed by atoms with Gasteiger partial charge in [0.2, 0.25) is 12.7 Å². The molecule has 0 spiro atoms. The molecule has 7 heteroatoms. The van der Waals surface area contributed by atoms with Crippen LogP contribution in [-0.2, 0) is 0 Å². The first kappa shape index (κ1) is 15.4. The van der Waals surface area contributed by atoms with Crippen molar-refractivity contribution in [2.75, 3.05) is 12.1 Å². The Labute approximate surface area is 133 Å². The van der Waals surface area contributed by atoms with Gasteiger partial charge < -0.3 is 24.9 Å². The van der Waals surface area contributed by atoms with Gasteiger partial charge in [0.1, 0.15) is 6.26 Å². The predicted octanol–water partition coefficient (Wildman–Crippen LogP) is 2.85. The third-order valence-corrected chi connectivity index (χ3v) is 3.57. The SMILES string of the molecule is CCCCC(N)c1nc(C(=O)Nc2ccc3c(c2)OCO3)co1. The Balaban J connectivity index is 1.65. The van der Waals surface area contributed by atoms with E-state index in [4.69, 9.17) is 19.6 Å². The maximum atomic E-state index is 12.2. The summed E-state index contributed by atoms with van der Waals surface area (Å²) in [4.78, 5) is 16.4. The molecule has 1 aromatic carbocycles. The molecule has 1 aliphatic rings. The minimum atomic E-state index is -0.360. The summed E-state index contributed by atoms with van der Waals surface area (Å²) in [5.41, 5.74) is 6.79. The van der Waals surface area contributed by atoms with Gasteiger partial charge >= 0.3 is 0 Å². The van der Waals surface area contributed by atoms with Gasteiger partial charge in [-0.25, -0.2) is 4.98 Å². The number of fused-ring (bicyclic) bond motifs is 1. The maximum absolute atomic E-state index is 12.2. The Morgan fingerprint density at radius 1 is 1.39 bits per heavy atom. The number of benzene rings is 1. The number of ether oxygens (including phenoxy) is 2. The number of aromatic nitrogens is 1. The highest BCUT2D eigenvalue weighted by Gasteiger charge is 2.18. The summed E-state index contributed by atoms with van der Waals surface area (Å²) in [6.07, 6.45) is 4.14. The standard InChI is InChI=1S/C16H19N3O4/c1-2-3-4-11(17)16-19-12(8-21-16)15(20)18-10-5-6-13-14(7-10)23-9-22-13/h5-8,11H,2-4,9,17H2,1H3,(H,18,20). The van der Waals surface area contributed by atoms with Gasteiger partial charge in [-0.1, -0.05) is 19.8 Å². The number of carbonyl (C=O) groups is 1. The van der Waals surface area contributed by atoms with Crippen LogP contribution in [0.2, 0.25) is 0 Å². The lowest BCUT2D eigenvalue weighted by Crippen LogP contribution is -2.14. The molecule has 1 aromatic heterocycles. The summed E-state index contributed by atoms with van der Waals surface area (Å²) in [6.45, 7) is 2.28. The van der Waals surface area contributed by atoms with E-state index < -0.39 is 0 Å². The van der Waals surface area contributed by atoms with Crippen molar-refractivity contribution in [3.63, 3.8) is 0 Å². The number of amides is 1. The Morgan fingerprint density at radius 3 is 3.04 bits per heavy atom. The van der Waals surface area contributed by atoms with Crippen LogP contribution in [0.15, 0.2) is 28.9 Å². The van der Waals surface area contributed by atoms with E-state index in [9.17, 15) is 4.79 Å². The first-order valence-corrected chi connectivity index (χ1v) is 7.59. The van der Waals surface area contributed by atoms with Gasteiger partial charge in [0.25, 0.3) is 5.91 Å². The molecule has 1 aliphatic heterocycles. The monoisotopic (exact) mass is 317 g/mol. The molecule has 7 nitrogen and oxygen atoms in total. The van der Waals surface area contributed by atoms with Crippen molar-refractivity contribution >= 4 is 11.6 Å². The molecule has 3 N–H and O–H groups in total. The maximum Gasteiger partial charge on any atom is 0.277 e. The van der Waals surface area contributed by atoms with Crippen molar-refractivity contribution in [1.82, 2.24) is 4.98 Å². The number of nitrogens with two attached hydrogens (primary N) is 1. The van der Waals surface area contributed by atoms with E-state index in [1.54, 1.807) is 18.2 Å². The number of carbonyl (C=O) groups excluding carboxylic acids is 1. The van der Waals surface area contributed by atoms with Crippen molar-refractivity contribution < 1.29 is 18.7 Å². The van der Waals surface area contributed by atoms with Crippen LogP contribution in [0.1, 0.15) is 48.6 Å². The van der Waals surface area contributed by atoms with E-state index in [0.717, 1.165) is 19.3 Å². The third-order valence-electron chi connectivity index (χ3n) is 3.57. The second-order valence-electron chi connectivity index (χ2n) is 5.34. The topological polar surface area (TPSA) is 99.6 Å². The van der Waals surface area contributed by atoms with Crippen LogP contribution in [0.4, 0.5) is 5.69 Å². The van der Waals surface area contributed by atoms with Gasteiger partial charge in [0.15, 0.2) is 17.2 Å². The van der Waals surface area contributed by atoms with Crippen LogP contribution < -0.4 is 20.5 Å². The van der Waals surface area contributed by atoms with E-state index in [2.05, 4.69) is 17.2 Å². The molecule has 2 heterocycles. The molecule has 3 rings (SSSR count). The normalized spacial score (nSPS) is 13.8. The van der Waals surface area contributed by atoms with Gasteiger partial charge in [-0.2, -0.15) is 0 Å². The van der Waals surface area contributed by atoms with Crippen LogP contribution in [0.5, 0.6) is 11.5 Å². The largest absolute Gasteiger partial charge is 0.454 e. The van der Waals surface area contributed by atoms with Crippen LogP contribution in [0.25, 0.3) is 0 Å². The molecule has 0 saturated heterocycles. The number of oxazole rings is 1. The van der Waals surface area contributed by atoms with Crippen molar-refractivity contribution in [3.8, 4) is 11.5 Å². The van der Waals surface area contributed by atoms with Crippen LogP contribution in [0.3, 0.4) is 0 Å². The summed E-state index contributed by atoms with van der Waals surface area (Å²) < 4.78 is 15.8. The average Bonchev–Trinajstić information content (AvgIpc) is 3.21. The highest BCUT2D eigenvalue weighted by molar-refractivity contribution is 6.02. The van der Waals surface area contributed by atoms with Crippen LogP contribution in [-0.4, -0.2) is 17.7 Å². The summed E-state index contributed by atoms with van der Waals surface area (Å²) in [7, 11) is 0. The number of nitrogens with zero attached hydrogens (tertiary/aromatic N) is 1. The lowest BCUT2D eigenvalue weighted by molar-refractivity contribution is 0.102. The fourth-order valence-corrected chi connectivity index (χ4v) is 2.28. The molecule has 0 aliphatic carbocycles. The van der Waals surface area contributed by atoms with Gasteiger partial charge in [0.05, 0.1) is 6.04 Å². The molecule has 1 amide bonds. The highest BCUT2D eigenvalue weighted by atomic mass is 16.7. The fourth-order valence-electron chi connectivity index (χ4n) is 2.28. The number of hydrogen-bond donors (Lipinski definition) is 2. The smallest absolute Gasteiger partial charge is 0.277 e. The molecule has 122 valence electrons. The molecule has 1 unspecified atom stereocenters. The van der Waals surface area contributed by atoms with Gasteiger partial charge in [0, 0.05) is 11.8 Å². The molecular weight excluding hydrogens is 298 g/mol. The second-order valence-corrected chi connectivity index (χ2v) is 5.34. The number of unbranched alkanes of at least 4 members (excludes halogenated alkanes) is 1. The van der Waals surface area contributed by atoms with Crippen molar-refractivity contribution in [3.05, 3.63) is 36.0 Å². The van der Waals surface area contributed by atoms with E-state index in [-0.39, 0.29) is 24.4 Å². The summed E-state index contributed by atoms with van der Waals surface area (Å²) in [6, 6.07) is 4.89. The lowest BCUT2D eigenvalue weighted by atomic mass is 10.1. The number of hydrogen-bond acceptors (Lipinski definition) is 6. The van der Waals surface area contributed by atoms with Gasteiger partial charge in [-0.15, -0.1) is 0 Å². The minimum absolute atomic E-state index is 0.190.